The molecule has 6 heteroatoms. The van der Waals surface area contributed by atoms with Crippen molar-refractivity contribution in [2.24, 2.45) is 0 Å². The summed E-state index contributed by atoms with van der Waals surface area (Å²) in [7, 11) is 0. The van der Waals surface area contributed by atoms with Gasteiger partial charge in [-0.3, -0.25) is 0 Å². The fraction of sp³-hybridized carbons (Fsp3) is 0.385. The number of nitrogens with one attached hydrogen (secondary N) is 2. The topological polar surface area (TPSA) is 78.4 Å². The number of halogens is 1. The molecule has 0 saturated heterocycles. The number of amides is 2. The lowest BCUT2D eigenvalue weighted by molar-refractivity contribution is 0.0697. The van der Waals surface area contributed by atoms with Gasteiger partial charge in [0, 0.05) is 6.04 Å². The van der Waals surface area contributed by atoms with Gasteiger partial charge in [-0.15, -0.1) is 0 Å². The van der Waals surface area contributed by atoms with E-state index in [0.717, 1.165) is 31.0 Å². The Labute approximate surface area is 110 Å². The first-order chi connectivity index (χ1) is 8.97. The van der Waals surface area contributed by atoms with Gasteiger partial charge in [-0.05, 0) is 31.0 Å². The van der Waals surface area contributed by atoms with E-state index in [0.29, 0.717) is 0 Å². The highest BCUT2D eigenvalue weighted by atomic mass is 19.1. The summed E-state index contributed by atoms with van der Waals surface area (Å²) in [5.41, 5.74) is -0.234. The molecule has 1 aromatic rings. The molecule has 0 heterocycles. The summed E-state index contributed by atoms with van der Waals surface area (Å²) < 4.78 is 13.5. The van der Waals surface area contributed by atoms with Gasteiger partial charge in [0.05, 0.1) is 11.3 Å². The van der Waals surface area contributed by atoms with Crippen molar-refractivity contribution in [2.75, 3.05) is 5.32 Å². The number of hydrogen-bond donors (Lipinski definition) is 3. The van der Waals surface area contributed by atoms with Gasteiger partial charge in [0.25, 0.3) is 0 Å². The van der Waals surface area contributed by atoms with Gasteiger partial charge in [0.1, 0.15) is 5.82 Å². The molecule has 0 unspecified atom stereocenters. The van der Waals surface area contributed by atoms with E-state index in [4.69, 9.17) is 5.11 Å². The molecule has 0 aromatic heterocycles. The zero-order valence-corrected chi connectivity index (χ0v) is 10.9. The van der Waals surface area contributed by atoms with Crippen molar-refractivity contribution in [1.82, 2.24) is 5.32 Å². The molecule has 0 bridgehead atoms. The van der Waals surface area contributed by atoms with Crippen LogP contribution in [-0.4, -0.2) is 23.1 Å². The van der Waals surface area contributed by atoms with Crippen molar-refractivity contribution in [3.8, 4) is 0 Å². The molecule has 0 radical (unpaired) electrons. The van der Waals surface area contributed by atoms with E-state index in [2.05, 4.69) is 10.6 Å². The van der Waals surface area contributed by atoms with E-state index in [1.165, 1.54) is 0 Å². The van der Waals surface area contributed by atoms with E-state index < -0.39 is 17.8 Å². The van der Waals surface area contributed by atoms with Crippen LogP contribution in [0.5, 0.6) is 0 Å². The molecule has 0 aliphatic rings. The Hall–Kier alpha value is -2.11. The Morgan fingerprint density at radius 1 is 1.32 bits per heavy atom. The molecule has 1 aromatic carbocycles. The summed E-state index contributed by atoms with van der Waals surface area (Å²) in [6, 6.07) is 2.70. The van der Waals surface area contributed by atoms with E-state index in [1.54, 1.807) is 0 Å². The van der Waals surface area contributed by atoms with Gasteiger partial charge >= 0.3 is 12.0 Å². The zero-order chi connectivity index (χ0) is 14.4. The third-order valence-corrected chi connectivity index (χ3v) is 2.78. The Morgan fingerprint density at radius 2 is 1.95 bits per heavy atom. The maximum Gasteiger partial charge on any atom is 0.335 e. The van der Waals surface area contributed by atoms with Crippen molar-refractivity contribution in [2.45, 2.75) is 32.7 Å². The van der Waals surface area contributed by atoms with Gasteiger partial charge in [0.15, 0.2) is 0 Å². The minimum Gasteiger partial charge on any atom is -0.478 e. The van der Waals surface area contributed by atoms with Crippen LogP contribution in [0.15, 0.2) is 18.2 Å². The van der Waals surface area contributed by atoms with Crippen LogP contribution in [-0.2, 0) is 0 Å². The van der Waals surface area contributed by atoms with E-state index in [1.807, 2.05) is 13.8 Å². The van der Waals surface area contributed by atoms with Crippen LogP contribution in [0, 0.1) is 5.82 Å². The van der Waals surface area contributed by atoms with E-state index in [-0.39, 0.29) is 17.3 Å². The molecule has 1 rings (SSSR count). The molecule has 19 heavy (non-hydrogen) atoms. The lowest BCUT2D eigenvalue weighted by Crippen LogP contribution is -2.37. The SMILES string of the molecule is CCC(CC)NC(=O)Nc1cc(C(=O)O)ccc1F. The van der Waals surface area contributed by atoms with Gasteiger partial charge < -0.3 is 15.7 Å². The summed E-state index contributed by atoms with van der Waals surface area (Å²) in [4.78, 5) is 22.4. The van der Waals surface area contributed by atoms with Crippen molar-refractivity contribution in [1.29, 1.82) is 0 Å². The minimum absolute atomic E-state index is 0.00529. The number of carbonyl (C=O) groups is 2. The third kappa shape index (κ3) is 4.24. The lowest BCUT2D eigenvalue weighted by atomic mass is 10.2. The molecule has 2 amide bonds. The summed E-state index contributed by atoms with van der Waals surface area (Å²) in [6.45, 7) is 3.86. The monoisotopic (exact) mass is 268 g/mol. The summed E-state index contributed by atoms with van der Waals surface area (Å²) in [5, 5.41) is 13.8. The molecule has 0 saturated carbocycles. The zero-order valence-electron chi connectivity index (χ0n) is 10.9. The second kappa shape index (κ2) is 6.72. The highest BCUT2D eigenvalue weighted by Gasteiger charge is 2.12. The molecule has 5 nitrogen and oxygen atoms in total. The maximum absolute atomic E-state index is 13.5. The van der Waals surface area contributed by atoms with Crippen molar-refractivity contribution < 1.29 is 19.1 Å². The van der Waals surface area contributed by atoms with Crippen LogP contribution in [0.2, 0.25) is 0 Å². The summed E-state index contributed by atoms with van der Waals surface area (Å²) >= 11 is 0. The predicted octanol–water partition coefficient (Wildman–Crippen LogP) is 2.83. The van der Waals surface area contributed by atoms with Gasteiger partial charge in [-0.2, -0.15) is 0 Å². The van der Waals surface area contributed by atoms with Crippen LogP contribution in [0.25, 0.3) is 0 Å². The number of benzene rings is 1. The highest BCUT2D eigenvalue weighted by Crippen LogP contribution is 2.16. The third-order valence-electron chi connectivity index (χ3n) is 2.78. The minimum atomic E-state index is -1.18. The maximum atomic E-state index is 13.5. The van der Waals surface area contributed by atoms with Crippen molar-refractivity contribution >= 4 is 17.7 Å². The van der Waals surface area contributed by atoms with Crippen molar-refractivity contribution in [3.05, 3.63) is 29.6 Å². The summed E-state index contributed by atoms with van der Waals surface area (Å²) in [5.74, 6) is -1.85. The second-order valence-corrected chi connectivity index (χ2v) is 4.11. The molecule has 0 aliphatic heterocycles. The Morgan fingerprint density at radius 3 is 2.47 bits per heavy atom. The number of aromatic carboxylic acids is 1. The normalized spacial score (nSPS) is 10.3. The van der Waals surface area contributed by atoms with Crippen LogP contribution in [0.3, 0.4) is 0 Å². The summed E-state index contributed by atoms with van der Waals surface area (Å²) in [6.07, 6.45) is 1.53. The predicted molar refractivity (Wildman–Crippen MR) is 69.9 cm³/mol. The first-order valence-electron chi connectivity index (χ1n) is 6.08. The standard InChI is InChI=1S/C13H17FN2O3/c1-3-9(4-2)15-13(19)16-11-7-8(12(17)18)5-6-10(11)14/h5-7,9H,3-4H2,1-2H3,(H,17,18)(H2,15,16,19). The number of hydrogen-bond acceptors (Lipinski definition) is 2. The average molecular weight is 268 g/mol. The number of carbonyl (C=O) groups excluding carboxylic acids is 1. The smallest absolute Gasteiger partial charge is 0.335 e. The van der Waals surface area contributed by atoms with E-state index >= 15 is 0 Å². The number of carboxylic acids is 1. The molecule has 3 N–H and O–H groups in total. The molecule has 0 atom stereocenters. The number of urea groups is 1. The highest BCUT2D eigenvalue weighted by molar-refractivity contribution is 5.93. The molecule has 0 aliphatic carbocycles. The Kier molecular flexibility index (Phi) is 5.29. The molecule has 0 spiro atoms. The molecular weight excluding hydrogens is 251 g/mol. The quantitative estimate of drug-likeness (QED) is 0.768. The van der Waals surface area contributed by atoms with Crippen LogP contribution in [0.1, 0.15) is 37.0 Å². The molecule has 104 valence electrons. The number of rotatable bonds is 5. The fourth-order valence-electron chi connectivity index (χ4n) is 1.59. The largest absolute Gasteiger partial charge is 0.478 e. The van der Waals surface area contributed by atoms with E-state index in [9.17, 15) is 14.0 Å². The average Bonchev–Trinajstić information content (AvgIpc) is 2.38. The first kappa shape index (κ1) is 14.9. The Bertz CT molecular complexity index is 473. The van der Waals surface area contributed by atoms with Gasteiger partial charge in [-0.25, -0.2) is 14.0 Å². The molecule has 0 fully saturated rings. The van der Waals surface area contributed by atoms with Gasteiger partial charge in [0.2, 0.25) is 0 Å². The number of anilines is 1. The van der Waals surface area contributed by atoms with Crippen LogP contribution in [0.4, 0.5) is 14.9 Å². The second-order valence-electron chi connectivity index (χ2n) is 4.11. The van der Waals surface area contributed by atoms with Crippen molar-refractivity contribution in [3.63, 3.8) is 0 Å². The molecular formula is C13H17FN2O3. The fourth-order valence-corrected chi connectivity index (χ4v) is 1.59. The Balaban J connectivity index is 2.78. The lowest BCUT2D eigenvalue weighted by Gasteiger charge is -2.15. The van der Waals surface area contributed by atoms with Gasteiger partial charge in [-0.1, -0.05) is 13.8 Å². The first-order valence-corrected chi connectivity index (χ1v) is 6.08. The number of carboxylic acid groups (broad SMARTS) is 1. The van der Waals surface area contributed by atoms with Crippen LogP contribution >= 0.6 is 0 Å². The van der Waals surface area contributed by atoms with Crippen LogP contribution < -0.4 is 10.6 Å².